The number of aliphatic carboxylic acids is 1. The molecule has 0 aromatic heterocycles. The topological polar surface area (TPSA) is 84.9 Å². The number of carboxylic acid groups (broad SMARTS) is 1. The summed E-state index contributed by atoms with van der Waals surface area (Å²) < 4.78 is 10.7. The molecule has 0 bridgehead atoms. The number of hydrogen-bond acceptors (Lipinski definition) is 4. The number of carbonyl (C=O) groups excluding carboxylic acids is 1. The van der Waals surface area contributed by atoms with Crippen LogP contribution in [0.2, 0.25) is 5.02 Å². The average molecular weight is 342 g/mol. The number of halogens is 1. The zero-order valence-corrected chi connectivity index (χ0v) is 13.6. The van der Waals surface area contributed by atoms with Crippen molar-refractivity contribution in [3.8, 4) is 5.75 Å². The second-order valence-electron chi connectivity index (χ2n) is 5.63. The molecule has 1 fully saturated rings. The van der Waals surface area contributed by atoms with Gasteiger partial charge >= 0.3 is 5.97 Å². The van der Waals surface area contributed by atoms with Gasteiger partial charge in [-0.25, -0.2) is 0 Å². The van der Waals surface area contributed by atoms with Gasteiger partial charge in [0.25, 0.3) is 5.91 Å². The van der Waals surface area contributed by atoms with Crippen LogP contribution in [0.15, 0.2) is 24.3 Å². The summed E-state index contributed by atoms with van der Waals surface area (Å²) in [4.78, 5) is 23.7. The fraction of sp³-hybridized carbons (Fsp3) is 0.500. The van der Waals surface area contributed by atoms with Gasteiger partial charge in [-0.2, -0.15) is 0 Å². The number of rotatable bonds is 6. The van der Waals surface area contributed by atoms with Crippen molar-refractivity contribution in [3.63, 3.8) is 0 Å². The lowest BCUT2D eigenvalue weighted by molar-refractivity contribution is -0.155. The standard InChI is InChI=1S/C16H20ClNO5/c1-11(23-13-4-2-3-12(17)9-13)14(19)18-10-16(15(20)21)5-7-22-8-6-16/h2-4,9,11H,5-8,10H2,1H3,(H,18,19)(H,20,21). The minimum absolute atomic E-state index is 0.0633. The van der Waals surface area contributed by atoms with Crippen molar-refractivity contribution in [2.45, 2.75) is 25.9 Å². The van der Waals surface area contributed by atoms with Crippen LogP contribution in [0.5, 0.6) is 5.75 Å². The second kappa shape index (κ2) is 7.66. The van der Waals surface area contributed by atoms with Crippen LogP contribution in [0.1, 0.15) is 19.8 Å². The lowest BCUT2D eigenvalue weighted by atomic mass is 9.80. The summed E-state index contributed by atoms with van der Waals surface area (Å²) in [5, 5.41) is 12.6. The number of nitrogens with one attached hydrogen (secondary N) is 1. The van der Waals surface area contributed by atoms with Crippen molar-refractivity contribution in [3.05, 3.63) is 29.3 Å². The second-order valence-corrected chi connectivity index (χ2v) is 6.07. The largest absolute Gasteiger partial charge is 0.481 e. The molecule has 7 heteroatoms. The Morgan fingerprint density at radius 2 is 2.13 bits per heavy atom. The number of hydrogen-bond donors (Lipinski definition) is 2. The predicted molar refractivity (Wildman–Crippen MR) is 84.7 cm³/mol. The van der Waals surface area contributed by atoms with E-state index in [0.717, 1.165) is 0 Å². The smallest absolute Gasteiger partial charge is 0.311 e. The summed E-state index contributed by atoms with van der Waals surface area (Å²) in [7, 11) is 0. The van der Waals surface area contributed by atoms with Gasteiger partial charge in [0.1, 0.15) is 5.75 Å². The van der Waals surface area contributed by atoms with Gasteiger partial charge in [0.05, 0.1) is 5.41 Å². The maximum atomic E-state index is 12.1. The van der Waals surface area contributed by atoms with Crippen LogP contribution >= 0.6 is 11.6 Å². The van der Waals surface area contributed by atoms with Crippen molar-refractivity contribution in [2.75, 3.05) is 19.8 Å². The molecule has 1 aromatic carbocycles. The summed E-state index contributed by atoms with van der Waals surface area (Å²) in [5.41, 5.74) is -0.969. The Morgan fingerprint density at radius 1 is 1.43 bits per heavy atom. The Kier molecular flexibility index (Phi) is 5.85. The van der Waals surface area contributed by atoms with E-state index in [0.29, 0.717) is 36.8 Å². The van der Waals surface area contributed by atoms with Crippen LogP contribution in [-0.2, 0) is 14.3 Å². The predicted octanol–water partition coefficient (Wildman–Crippen LogP) is 2.10. The normalized spacial score (nSPS) is 18.0. The van der Waals surface area contributed by atoms with E-state index < -0.39 is 17.5 Å². The summed E-state index contributed by atoms with van der Waals surface area (Å²) >= 11 is 5.87. The summed E-state index contributed by atoms with van der Waals surface area (Å²) in [6, 6.07) is 6.75. The molecule has 1 saturated heterocycles. The van der Waals surface area contributed by atoms with E-state index >= 15 is 0 Å². The van der Waals surface area contributed by atoms with E-state index in [-0.39, 0.29) is 12.5 Å². The van der Waals surface area contributed by atoms with Gasteiger partial charge < -0.3 is 19.9 Å². The Hall–Kier alpha value is -1.79. The highest BCUT2D eigenvalue weighted by Gasteiger charge is 2.40. The molecule has 0 radical (unpaired) electrons. The number of ether oxygens (including phenoxy) is 2. The molecular weight excluding hydrogens is 322 g/mol. The fourth-order valence-corrected chi connectivity index (χ4v) is 2.61. The van der Waals surface area contributed by atoms with Crippen LogP contribution in [0.3, 0.4) is 0 Å². The SMILES string of the molecule is CC(Oc1cccc(Cl)c1)C(=O)NCC1(C(=O)O)CCOCC1. The molecule has 1 unspecified atom stereocenters. The molecule has 2 rings (SSSR count). The van der Waals surface area contributed by atoms with Crippen molar-refractivity contribution >= 4 is 23.5 Å². The third kappa shape index (κ3) is 4.59. The van der Waals surface area contributed by atoms with Gasteiger partial charge in [-0.15, -0.1) is 0 Å². The number of carboxylic acids is 1. The number of amides is 1. The third-order valence-electron chi connectivity index (χ3n) is 3.98. The first-order valence-corrected chi connectivity index (χ1v) is 7.82. The van der Waals surface area contributed by atoms with Gasteiger partial charge in [0, 0.05) is 24.8 Å². The van der Waals surface area contributed by atoms with Crippen LogP contribution in [0.25, 0.3) is 0 Å². The average Bonchev–Trinajstić information content (AvgIpc) is 2.53. The highest BCUT2D eigenvalue weighted by molar-refractivity contribution is 6.30. The molecular formula is C16H20ClNO5. The lowest BCUT2D eigenvalue weighted by Gasteiger charge is -2.33. The molecule has 1 aromatic rings. The molecule has 1 aliphatic rings. The van der Waals surface area contributed by atoms with E-state index in [1.807, 2.05) is 0 Å². The molecule has 2 N–H and O–H groups in total. The van der Waals surface area contributed by atoms with Crippen LogP contribution in [0, 0.1) is 5.41 Å². The zero-order chi connectivity index (χ0) is 16.9. The quantitative estimate of drug-likeness (QED) is 0.827. The number of carbonyl (C=O) groups is 2. The van der Waals surface area contributed by atoms with Crippen LogP contribution < -0.4 is 10.1 Å². The first-order valence-electron chi connectivity index (χ1n) is 7.44. The fourth-order valence-electron chi connectivity index (χ4n) is 2.43. The van der Waals surface area contributed by atoms with E-state index in [2.05, 4.69) is 5.32 Å². The van der Waals surface area contributed by atoms with Crippen molar-refractivity contribution in [1.82, 2.24) is 5.32 Å². The molecule has 6 nitrogen and oxygen atoms in total. The molecule has 126 valence electrons. The third-order valence-corrected chi connectivity index (χ3v) is 4.22. The van der Waals surface area contributed by atoms with Crippen LogP contribution in [-0.4, -0.2) is 42.8 Å². The summed E-state index contributed by atoms with van der Waals surface area (Å²) in [6.45, 7) is 2.44. The van der Waals surface area contributed by atoms with Crippen LogP contribution in [0.4, 0.5) is 0 Å². The van der Waals surface area contributed by atoms with E-state index in [9.17, 15) is 14.7 Å². The van der Waals surface area contributed by atoms with Gasteiger partial charge in [-0.05, 0) is 38.0 Å². The molecule has 1 amide bonds. The van der Waals surface area contributed by atoms with Gasteiger partial charge in [0.15, 0.2) is 6.10 Å². The first kappa shape index (κ1) is 17.6. The van der Waals surface area contributed by atoms with Gasteiger partial charge in [-0.3, -0.25) is 9.59 Å². The van der Waals surface area contributed by atoms with Crippen molar-refractivity contribution in [2.24, 2.45) is 5.41 Å². The van der Waals surface area contributed by atoms with Crippen molar-refractivity contribution in [1.29, 1.82) is 0 Å². The minimum atomic E-state index is -0.969. The first-order chi connectivity index (χ1) is 10.9. The van der Waals surface area contributed by atoms with E-state index in [1.165, 1.54) is 0 Å². The highest BCUT2D eigenvalue weighted by atomic mass is 35.5. The molecule has 0 aliphatic carbocycles. The zero-order valence-electron chi connectivity index (χ0n) is 12.9. The Morgan fingerprint density at radius 3 is 2.74 bits per heavy atom. The molecule has 1 heterocycles. The molecule has 0 saturated carbocycles. The molecule has 1 atom stereocenters. The highest BCUT2D eigenvalue weighted by Crippen LogP contribution is 2.30. The summed E-state index contributed by atoms with van der Waals surface area (Å²) in [5.74, 6) is -0.791. The Balaban J connectivity index is 1.91. The van der Waals surface area contributed by atoms with E-state index in [1.54, 1.807) is 31.2 Å². The molecule has 1 aliphatic heterocycles. The van der Waals surface area contributed by atoms with Gasteiger partial charge in [-0.1, -0.05) is 17.7 Å². The molecule has 23 heavy (non-hydrogen) atoms. The number of benzene rings is 1. The van der Waals surface area contributed by atoms with Gasteiger partial charge in [0.2, 0.25) is 0 Å². The van der Waals surface area contributed by atoms with E-state index in [4.69, 9.17) is 21.1 Å². The monoisotopic (exact) mass is 341 g/mol. The Labute approximate surface area is 139 Å². The summed E-state index contributed by atoms with van der Waals surface area (Å²) in [6.07, 6.45) is 0.0114. The lowest BCUT2D eigenvalue weighted by Crippen LogP contribution is -2.48. The molecule has 0 spiro atoms. The maximum absolute atomic E-state index is 12.1. The maximum Gasteiger partial charge on any atom is 0.311 e. The van der Waals surface area contributed by atoms with Crippen molar-refractivity contribution < 1.29 is 24.2 Å². The Bertz CT molecular complexity index is 571. The minimum Gasteiger partial charge on any atom is -0.481 e.